The van der Waals surface area contributed by atoms with Crippen molar-refractivity contribution in [2.45, 2.75) is 39.0 Å². The van der Waals surface area contributed by atoms with Crippen molar-refractivity contribution >= 4 is 17.4 Å². The lowest BCUT2D eigenvalue weighted by Crippen LogP contribution is -2.05. The summed E-state index contributed by atoms with van der Waals surface area (Å²) in [7, 11) is 0. The summed E-state index contributed by atoms with van der Waals surface area (Å²) < 4.78 is 0. The zero-order chi connectivity index (χ0) is 11.8. The molecule has 1 N–H and O–H groups in total. The van der Waals surface area contributed by atoms with Gasteiger partial charge in [-0.05, 0) is 18.8 Å². The van der Waals surface area contributed by atoms with Gasteiger partial charge in [-0.15, -0.1) is 11.6 Å². The van der Waals surface area contributed by atoms with E-state index in [0.29, 0.717) is 5.92 Å². The number of halogens is 1. The number of hydrogen-bond donors (Lipinski definition) is 1. The average molecular weight is 242 g/mol. The van der Waals surface area contributed by atoms with E-state index >= 15 is 0 Å². The summed E-state index contributed by atoms with van der Waals surface area (Å²) in [6, 6.07) is 2.02. The minimum Gasteiger partial charge on any atom is -0.370 e. The van der Waals surface area contributed by atoms with Crippen LogP contribution in [0.5, 0.6) is 0 Å². The number of anilines is 1. The number of hydrogen-bond acceptors (Lipinski definition) is 3. The monoisotopic (exact) mass is 241 g/mol. The Morgan fingerprint density at radius 1 is 1.25 bits per heavy atom. The van der Waals surface area contributed by atoms with Crippen LogP contribution in [0.2, 0.25) is 0 Å². The predicted molar refractivity (Wildman–Crippen MR) is 69.2 cm³/mol. The van der Waals surface area contributed by atoms with Crippen LogP contribution in [0.4, 0.5) is 5.82 Å². The number of rotatable bonds is 7. The Bertz CT molecular complexity index is 302. The van der Waals surface area contributed by atoms with Crippen molar-refractivity contribution in [2.75, 3.05) is 17.7 Å². The second-order valence-electron chi connectivity index (χ2n) is 4.16. The molecule has 1 aromatic heterocycles. The van der Waals surface area contributed by atoms with Crippen molar-refractivity contribution in [2.24, 2.45) is 0 Å². The first-order chi connectivity index (χ1) is 7.74. The van der Waals surface area contributed by atoms with Crippen molar-refractivity contribution in [1.29, 1.82) is 0 Å². The van der Waals surface area contributed by atoms with Crippen LogP contribution in [-0.4, -0.2) is 22.4 Å². The van der Waals surface area contributed by atoms with Crippen molar-refractivity contribution in [1.82, 2.24) is 9.97 Å². The highest BCUT2D eigenvalue weighted by Gasteiger charge is 2.02. The first kappa shape index (κ1) is 13.2. The van der Waals surface area contributed by atoms with Gasteiger partial charge in [0, 0.05) is 24.2 Å². The maximum atomic E-state index is 5.61. The molecule has 3 nitrogen and oxygen atoms in total. The van der Waals surface area contributed by atoms with Crippen molar-refractivity contribution < 1.29 is 0 Å². The lowest BCUT2D eigenvalue weighted by molar-refractivity contribution is 0.744. The summed E-state index contributed by atoms with van der Waals surface area (Å²) in [5.74, 6) is 2.12. The molecule has 0 unspecified atom stereocenters. The zero-order valence-electron chi connectivity index (χ0n) is 10.0. The third kappa shape index (κ3) is 4.79. The van der Waals surface area contributed by atoms with Gasteiger partial charge in [0.2, 0.25) is 0 Å². The van der Waals surface area contributed by atoms with Crippen LogP contribution in [0.1, 0.15) is 44.7 Å². The minimum absolute atomic E-state index is 0.444. The van der Waals surface area contributed by atoms with E-state index in [2.05, 4.69) is 29.1 Å². The highest BCUT2D eigenvalue weighted by atomic mass is 35.5. The van der Waals surface area contributed by atoms with Crippen LogP contribution in [-0.2, 0) is 0 Å². The molecule has 0 aliphatic heterocycles. The fourth-order valence-electron chi connectivity index (χ4n) is 1.40. The largest absolute Gasteiger partial charge is 0.370 e. The van der Waals surface area contributed by atoms with Crippen molar-refractivity contribution in [3.63, 3.8) is 0 Å². The Balaban J connectivity index is 2.33. The minimum atomic E-state index is 0.444. The van der Waals surface area contributed by atoms with Gasteiger partial charge in [0.05, 0.1) is 0 Å². The molecule has 90 valence electrons. The Morgan fingerprint density at radius 3 is 2.75 bits per heavy atom. The van der Waals surface area contributed by atoms with E-state index in [1.54, 1.807) is 6.33 Å². The number of nitrogens with one attached hydrogen (secondary N) is 1. The van der Waals surface area contributed by atoms with Gasteiger partial charge in [-0.1, -0.05) is 20.3 Å². The molecule has 0 fully saturated rings. The molecule has 0 aromatic carbocycles. The topological polar surface area (TPSA) is 37.8 Å². The normalized spacial score (nSPS) is 10.8. The Morgan fingerprint density at radius 2 is 2.06 bits per heavy atom. The van der Waals surface area contributed by atoms with E-state index in [0.717, 1.165) is 36.8 Å². The smallest absolute Gasteiger partial charge is 0.129 e. The first-order valence-electron chi connectivity index (χ1n) is 5.86. The van der Waals surface area contributed by atoms with Crippen LogP contribution >= 0.6 is 11.6 Å². The molecule has 1 aromatic rings. The third-order valence-electron chi connectivity index (χ3n) is 2.40. The molecule has 0 amide bonds. The standard InChI is InChI=1S/C12H20ClN3/c1-10(2)11-8-12(16-9-15-11)14-7-5-3-4-6-13/h8-10H,3-7H2,1-2H3,(H,14,15,16). The van der Waals surface area contributed by atoms with Crippen molar-refractivity contribution in [3.8, 4) is 0 Å². The fourth-order valence-corrected chi connectivity index (χ4v) is 1.59. The Hall–Kier alpha value is -0.830. The van der Waals surface area contributed by atoms with E-state index in [4.69, 9.17) is 11.6 Å². The van der Waals surface area contributed by atoms with Gasteiger partial charge in [0.15, 0.2) is 0 Å². The van der Waals surface area contributed by atoms with E-state index in [1.165, 1.54) is 6.42 Å². The second kappa shape index (κ2) is 7.44. The van der Waals surface area contributed by atoms with Gasteiger partial charge in [-0.2, -0.15) is 0 Å². The average Bonchev–Trinajstić information content (AvgIpc) is 2.29. The maximum absolute atomic E-state index is 5.61. The number of aromatic nitrogens is 2. The molecule has 1 rings (SSSR count). The molecule has 0 atom stereocenters. The van der Waals surface area contributed by atoms with Gasteiger partial charge in [0.1, 0.15) is 12.1 Å². The maximum Gasteiger partial charge on any atom is 0.129 e. The summed E-state index contributed by atoms with van der Waals surface area (Å²) in [4.78, 5) is 8.42. The van der Waals surface area contributed by atoms with E-state index in [9.17, 15) is 0 Å². The molecule has 0 aliphatic rings. The highest BCUT2D eigenvalue weighted by molar-refractivity contribution is 6.17. The zero-order valence-corrected chi connectivity index (χ0v) is 10.8. The van der Waals surface area contributed by atoms with Crippen LogP contribution in [0, 0.1) is 0 Å². The van der Waals surface area contributed by atoms with Gasteiger partial charge < -0.3 is 5.32 Å². The first-order valence-corrected chi connectivity index (χ1v) is 6.39. The number of unbranched alkanes of at least 4 members (excludes halogenated alkanes) is 2. The van der Waals surface area contributed by atoms with Gasteiger partial charge >= 0.3 is 0 Å². The van der Waals surface area contributed by atoms with E-state index in [1.807, 2.05) is 6.07 Å². The molecular formula is C12H20ClN3. The Labute approximate surface area is 103 Å². The second-order valence-corrected chi connectivity index (χ2v) is 4.54. The summed E-state index contributed by atoms with van der Waals surface area (Å²) in [6.45, 7) is 5.21. The van der Waals surface area contributed by atoms with Gasteiger partial charge in [0.25, 0.3) is 0 Å². The SMILES string of the molecule is CC(C)c1cc(NCCCCCCl)ncn1. The van der Waals surface area contributed by atoms with Crippen LogP contribution in [0.15, 0.2) is 12.4 Å². The van der Waals surface area contributed by atoms with Crippen LogP contribution in [0.25, 0.3) is 0 Å². The molecule has 16 heavy (non-hydrogen) atoms. The molecule has 0 saturated heterocycles. The van der Waals surface area contributed by atoms with Crippen LogP contribution in [0.3, 0.4) is 0 Å². The molecule has 0 aliphatic carbocycles. The lowest BCUT2D eigenvalue weighted by atomic mass is 10.1. The molecule has 4 heteroatoms. The fraction of sp³-hybridized carbons (Fsp3) is 0.667. The number of alkyl halides is 1. The molecule has 0 bridgehead atoms. The molecule has 0 radical (unpaired) electrons. The summed E-state index contributed by atoms with van der Waals surface area (Å²) in [6.07, 6.45) is 5.01. The lowest BCUT2D eigenvalue weighted by Gasteiger charge is -2.08. The molecular weight excluding hydrogens is 222 g/mol. The third-order valence-corrected chi connectivity index (χ3v) is 2.66. The Kier molecular flexibility index (Phi) is 6.16. The predicted octanol–water partition coefficient (Wildman–Crippen LogP) is 3.42. The molecule has 0 saturated carbocycles. The number of nitrogens with zero attached hydrogens (tertiary/aromatic N) is 2. The summed E-state index contributed by atoms with van der Waals surface area (Å²) in [5, 5.41) is 3.30. The molecule has 0 spiro atoms. The quantitative estimate of drug-likeness (QED) is 0.587. The summed E-state index contributed by atoms with van der Waals surface area (Å²) in [5.41, 5.74) is 1.08. The molecule has 1 heterocycles. The van der Waals surface area contributed by atoms with Crippen LogP contribution < -0.4 is 5.32 Å². The van der Waals surface area contributed by atoms with E-state index < -0.39 is 0 Å². The van der Waals surface area contributed by atoms with Gasteiger partial charge in [-0.25, -0.2) is 9.97 Å². The summed E-state index contributed by atoms with van der Waals surface area (Å²) >= 11 is 5.61. The van der Waals surface area contributed by atoms with Gasteiger partial charge in [-0.3, -0.25) is 0 Å². The van der Waals surface area contributed by atoms with Crippen molar-refractivity contribution in [3.05, 3.63) is 18.1 Å². The highest BCUT2D eigenvalue weighted by Crippen LogP contribution is 2.13. The van der Waals surface area contributed by atoms with E-state index in [-0.39, 0.29) is 0 Å².